The Morgan fingerprint density at radius 3 is 2.34 bits per heavy atom. The van der Waals surface area contributed by atoms with Crippen LogP contribution in [0.5, 0.6) is 5.75 Å². The molecule has 1 unspecified atom stereocenters. The van der Waals surface area contributed by atoms with Gasteiger partial charge in [-0.25, -0.2) is 0 Å². The van der Waals surface area contributed by atoms with E-state index in [-0.39, 0.29) is 22.9 Å². The highest BCUT2D eigenvalue weighted by Crippen LogP contribution is 2.27. The van der Waals surface area contributed by atoms with Gasteiger partial charge in [0.1, 0.15) is 0 Å². The van der Waals surface area contributed by atoms with Crippen LogP contribution in [0.25, 0.3) is 0 Å². The van der Waals surface area contributed by atoms with Gasteiger partial charge in [-0.2, -0.15) is 0 Å². The molecule has 0 saturated heterocycles. The van der Waals surface area contributed by atoms with E-state index < -0.39 is 16.9 Å². The van der Waals surface area contributed by atoms with Crippen LogP contribution in [0.15, 0.2) is 66.7 Å². The number of amides is 2. The fraction of sp³-hybridized carbons (Fsp3) is 0.167. The number of hydrogen-bond acceptors (Lipinski definition) is 5. The predicted molar refractivity (Wildman–Crippen MR) is 122 cm³/mol. The van der Waals surface area contributed by atoms with Crippen molar-refractivity contribution in [3.05, 3.63) is 93.5 Å². The highest BCUT2D eigenvalue weighted by molar-refractivity contribution is 6.10. The Kier molecular flexibility index (Phi) is 6.84. The number of anilines is 2. The molecule has 0 saturated carbocycles. The second-order valence-electron chi connectivity index (χ2n) is 7.27. The maximum atomic E-state index is 12.8. The lowest BCUT2D eigenvalue weighted by Crippen LogP contribution is -2.31. The van der Waals surface area contributed by atoms with E-state index in [9.17, 15) is 19.7 Å². The first kappa shape index (κ1) is 22.5. The standard InChI is InChI=1S/C24H23N3O5/c1-15-12-13-18(14-16(15)2)25-24(29)19-8-4-5-9-20(19)26-23(28)17(3)32-22-11-7-6-10-21(22)27(30)31/h4-14,17H,1-3H3,(H,25,29)(H,26,28). The average Bonchev–Trinajstić information content (AvgIpc) is 2.76. The second-order valence-corrected chi connectivity index (χ2v) is 7.27. The molecule has 0 aromatic heterocycles. The molecule has 0 bridgehead atoms. The van der Waals surface area contributed by atoms with Crippen LogP contribution in [0, 0.1) is 24.0 Å². The maximum Gasteiger partial charge on any atom is 0.310 e. The number of para-hydroxylation sites is 3. The van der Waals surface area contributed by atoms with Crippen LogP contribution >= 0.6 is 0 Å². The summed E-state index contributed by atoms with van der Waals surface area (Å²) in [7, 11) is 0. The van der Waals surface area contributed by atoms with Crippen LogP contribution in [0.2, 0.25) is 0 Å². The van der Waals surface area contributed by atoms with Gasteiger partial charge < -0.3 is 15.4 Å². The number of nitrogens with zero attached hydrogens (tertiary/aromatic N) is 1. The molecule has 0 aliphatic carbocycles. The van der Waals surface area contributed by atoms with Crippen molar-refractivity contribution >= 4 is 28.9 Å². The van der Waals surface area contributed by atoms with Crippen molar-refractivity contribution in [3.8, 4) is 5.75 Å². The lowest BCUT2D eigenvalue weighted by atomic mass is 10.1. The number of carbonyl (C=O) groups is 2. The van der Waals surface area contributed by atoms with Gasteiger partial charge in [-0.1, -0.05) is 30.3 Å². The topological polar surface area (TPSA) is 111 Å². The van der Waals surface area contributed by atoms with Crippen LogP contribution in [0.3, 0.4) is 0 Å². The molecule has 3 aromatic rings. The van der Waals surface area contributed by atoms with Crippen LogP contribution in [0.4, 0.5) is 17.1 Å². The van der Waals surface area contributed by atoms with Crippen LogP contribution in [-0.2, 0) is 4.79 Å². The fourth-order valence-corrected chi connectivity index (χ4v) is 2.99. The molecule has 0 aliphatic rings. The fourth-order valence-electron chi connectivity index (χ4n) is 2.99. The molecule has 164 valence electrons. The monoisotopic (exact) mass is 433 g/mol. The molecular formula is C24H23N3O5. The number of nitro groups is 1. The summed E-state index contributed by atoms with van der Waals surface area (Å²) >= 11 is 0. The minimum atomic E-state index is -1.04. The number of hydrogen-bond donors (Lipinski definition) is 2. The zero-order chi connectivity index (χ0) is 23.3. The lowest BCUT2D eigenvalue weighted by Gasteiger charge is -2.16. The van der Waals surface area contributed by atoms with Crippen molar-refractivity contribution in [2.75, 3.05) is 10.6 Å². The van der Waals surface area contributed by atoms with Gasteiger partial charge >= 0.3 is 5.69 Å². The molecule has 3 rings (SSSR count). The quantitative estimate of drug-likeness (QED) is 0.408. The molecule has 0 fully saturated rings. The summed E-state index contributed by atoms with van der Waals surface area (Å²) in [6, 6.07) is 18.0. The number of nitrogens with one attached hydrogen (secondary N) is 2. The van der Waals surface area contributed by atoms with Crippen molar-refractivity contribution in [2.24, 2.45) is 0 Å². The molecule has 3 aromatic carbocycles. The second kappa shape index (κ2) is 9.74. The van der Waals surface area contributed by atoms with Gasteiger partial charge in [-0.05, 0) is 62.2 Å². The largest absolute Gasteiger partial charge is 0.474 e. The Balaban J connectivity index is 1.74. The van der Waals surface area contributed by atoms with Crippen LogP contribution < -0.4 is 15.4 Å². The van der Waals surface area contributed by atoms with Crippen molar-refractivity contribution in [2.45, 2.75) is 26.9 Å². The van der Waals surface area contributed by atoms with Gasteiger partial charge in [0.2, 0.25) is 0 Å². The summed E-state index contributed by atoms with van der Waals surface area (Å²) < 4.78 is 5.51. The Hall–Kier alpha value is -4.20. The number of carbonyl (C=O) groups excluding carboxylic acids is 2. The van der Waals surface area contributed by atoms with Crippen molar-refractivity contribution in [1.82, 2.24) is 0 Å². The summed E-state index contributed by atoms with van der Waals surface area (Å²) in [6.07, 6.45) is -1.04. The van der Waals surface area contributed by atoms with Gasteiger partial charge in [0.25, 0.3) is 11.8 Å². The first-order valence-electron chi connectivity index (χ1n) is 9.95. The highest BCUT2D eigenvalue weighted by Gasteiger charge is 2.22. The van der Waals surface area contributed by atoms with Crippen LogP contribution in [-0.4, -0.2) is 22.8 Å². The third-order valence-electron chi connectivity index (χ3n) is 4.93. The first-order valence-corrected chi connectivity index (χ1v) is 9.95. The molecule has 0 heterocycles. The van der Waals surface area contributed by atoms with E-state index >= 15 is 0 Å². The zero-order valence-electron chi connectivity index (χ0n) is 17.9. The van der Waals surface area contributed by atoms with Crippen molar-refractivity contribution < 1.29 is 19.2 Å². The molecule has 0 aliphatic heterocycles. The first-order chi connectivity index (χ1) is 15.3. The van der Waals surface area contributed by atoms with E-state index in [1.54, 1.807) is 30.3 Å². The smallest absolute Gasteiger partial charge is 0.310 e. The highest BCUT2D eigenvalue weighted by atomic mass is 16.6. The summed E-state index contributed by atoms with van der Waals surface area (Å²) in [4.78, 5) is 36.1. The SMILES string of the molecule is Cc1ccc(NC(=O)c2ccccc2NC(=O)C(C)Oc2ccccc2[N+](=O)[O-])cc1C. The van der Waals surface area contributed by atoms with Crippen molar-refractivity contribution in [3.63, 3.8) is 0 Å². The van der Waals surface area contributed by atoms with Gasteiger partial charge in [0, 0.05) is 11.8 Å². The number of nitro benzene ring substituents is 1. The number of benzene rings is 3. The van der Waals surface area contributed by atoms with Gasteiger partial charge in [0.15, 0.2) is 11.9 Å². The average molecular weight is 433 g/mol. The molecular weight excluding hydrogens is 410 g/mol. The minimum Gasteiger partial charge on any atom is -0.474 e. The van der Waals surface area contributed by atoms with E-state index in [0.29, 0.717) is 11.4 Å². The summed E-state index contributed by atoms with van der Waals surface area (Å²) in [5.74, 6) is -0.938. The van der Waals surface area contributed by atoms with E-state index in [2.05, 4.69) is 10.6 Å². The Morgan fingerprint density at radius 1 is 0.938 bits per heavy atom. The third-order valence-corrected chi connectivity index (χ3v) is 4.93. The van der Waals surface area contributed by atoms with Gasteiger partial charge in [-0.3, -0.25) is 19.7 Å². The lowest BCUT2D eigenvalue weighted by molar-refractivity contribution is -0.386. The molecule has 2 N–H and O–H groups in total. The van der Waals surface area contributed by atoms with Crippen LogP contribution in [0.1, 0.15) is 28.4 Å². The molecule has 8 heteroatoms. The Bertz CT molecular complexity index is 1180. The number of rotatable bonds is 7. The Labute approximate surface area is 185 Å². The van der Waals surface area contributed by atoms with E-state index in [1.807, 2.05) is 32.0 Å². The van der Waals surface area contributed by atoms with E-state index in [1.165, 1.54) is 25.1 Å². The molecule has 0 radical (unpaired) electrons. The van der Waals surface area contributed by atoms with E-state index in [0.717, 1.165) is 11.1 Å². The summed E-state index contributed by atoms with van der Waals surface area (Å²) in [6.45, 7) is 5.42. The molecule has 8 nitrogen and oxygen atoms in total. The Morgan fingerprint density at radius 2 is 1.62 bits per heavy atom. The molecule has 32 heavy (non-hydrogen) atoms. The summed E-state index contributed by atoms with van der Waals surface area (Å²) in [5, 5.41) is 16.7. The maximum absolute atomic E-state index is 12.8. The summed E-state index contributed by atoms with van der Waals surface area (Å²) in [5.41, 5.74) is 3.15. The minimum absolute atomic E-state index is 0.0130. The molecule has 2 amide bonds. The molecule has 0 spiro atoms. The predicted octanol–water partition coefficient (Wildman–Crippen LogP) is 4.87. The van der Waals surface area contributed by atoms with E-state index in [4.69, 9.17) is 4.74 Å². The normalized spacial score (nSPS) is 11.3. The van der Waals surface area contributed by atoms with Gasteiger partial charge in [-0.15, -0.1) is 0 Å². The van der Waals surface area contributed by atoms with Crippen molar-refractivity contribution in [1.29, 1.82) is 0 Å². The molecule has 1 atom stereocenters. The number of ether oxygens (including phenoxy) is 1. The number of aryl methyl sites for hydroxylation is 2. The zero-order valence-corrected chi connectivity index (χ0v) is 17.9. The van der Waals surface area contributed by atoms with Gasteiger partial charge in [0.05, 0.1) is 16.2 Å². The third kappa shape index (κ3) is 5.28.